The summed E-state index contributed by atoms with van der Waals surface area (Å²) >= 11 is 0. The Morgan fingerprint density at radius 2 is 1.83 bits per heavy atom. The van der Waals surface area contributed by atoms with Crippen molar-refractivity contribution in [1.29, 1.82) is 0 Å². The predicted octanol–water partition coefficient (Wildman–Crippen LogP) is 2.45. The molecule has 0 bridgehead atoms. The molecule has 0 atom stereocenters. The molecule has 23 heavy (non-hydrogen) atoms. The van der Waals surface area contributed by atoms with Crippen molar-refractivity contribution in [3.8, 4) is 5.75 Å². The molecule has 1 aromatic carbocycles. The Balaban J connectivity index is 1.56. The fourth-order valence-electron chi connectivity index (χ4n) is 2.71. The quantitative estimate of drug-likeness (QED) is 0.844. The monoisotopic (exact) mass is 332 g/mol. The summed E-state index contributed by atoms with van der Waals surface area (Å²) < 4.78 is 32.4. The number of sulfonamides is 1. The van der Waals surface area contributed by atoms with Gasteiger partial charge in [-0.2, -0.15) is 0 Å². The molecule has 0 spiro atoms. The number of pyridine rings is 1. The third-order valence-electron chi connectivity index (χ3n) is 3.92. The molecular formula is C17H20N2O3S. The zero-order valence-corrected chi connectivity index (χ0v) is 13.7. The van der Waals surface area contributed by atoms with Crippen LogP contribution in [0.3, 0.4) is 0 Å². The van der Waals surface area contributed by atoms with Crippen LogP contribution in [0, 0.1) is 0 Å². The van der Waals surface area contributed by atoms with Crippen molar-refractivity contribution in [2.45, 2.75) is 24.7 Å². The summed E-state index contributed by atoms with van der Waals surface area (Å²) in [7, 11) is -3.27. The molecule has 5 nitrogen and oxygen atoms in total. The molecule has 3 rings (SSSR count). The van der Waals surface area contributed by atoms with Crippen molar-refractivity contribution in [3.63, 3.8) is 0 Å². The van der Waals surface area contributed by atoms with Crippen molar-refractivity contribution in [2.75, 3.05) is 13.1 Å². The van der Waals surface area contributed by atoms with E-state index < -0.39 is 10.0 Å². The Hall–Kier alpha value is -1.92. The van der Waals surface area contributed by atoms with Crippen LogP contribution < -0.4 is 4.74 Å². The molecule has 122 valence electrons. The number of ether oxygens (including phenoxy) is 1. The van der Waals surface area contributed by atoms with Gasteiger partial charge in [-0.15, -0.1) is 0 Å². The molecule has 0 unspecified atom stereocenters. The average molecular weight is 332 g/mol. The average Bonchev–Trinajstić information content (AvgIpc) is 2.57. The molecule has 0 radical (unpaired) electrons. The molecule has 2 aromatic rings. The van der Waals surface area contributed by atoms with Crippen molar-refractivity contribution in [3.05, 3.63) is 60.4 Å². The highest BCUT2D eigenvalue weighted by atomic mass is 32.2. The van der Waals surface area contributed by atoms with Crippen LogP contribution in [-0.4, -0.2) is 36.9 Å². The molecule has 1 fully saturated rings. The smallest absolute Gasteiger partial charge is 0.218 e. The van der Waals surface area contributed by atoms with E-state index in [9.17, 15) is 8.42 Å². The first-order valence-corrected chi connectivity index (χ1v) is 9.33. The zero-order valence-electron chi connectivity index (χ0n) is 12.8. The van der Waals surface area contributed by atoms with Gasteiger partial charge in [-0.05, 0) is 30.5 Å². The second-order valence-electron chi connectivity index (χ2n) is 5.65. The maximum Gasteiger partial charge on any atom is 0.218 e. The van der Waals surface area contributed by atoms with E-state index in [0.717, 1.165) is 11.3 Å². The van der Waals surface area contributed by atoms with E-state index in [0.29, 0.717) is 25.9 Å². The molecule has 0 amide bonds. The minimum Gasteiger partial charge on any atom is -0.489 e. The van der Waals surface area contributed by atoms with Gasteiger partial charge in [-0.1, -0.05) is 30.3 Å². The summed E-state index contributed by atoms with van der Waals surface area (Å²) in [5.74, 6) is 0.792. The van der Waals surface area contributed by atoms with Crippen molar-refractivity contribution in [2.24, 2.45) is 0 Å². The lowest BCUT2D eigenvalue weighted by Crippen LogP contribution is -2.42. The predicted molar refractivity (Wildman–Crippen MR) is 88.5 cm³/mol. The minimum absolute atomic E-state index is 0.0439. The normalized spacial score (nSPS) is 17.0. The van der Waals surface area contributed by atoms with E-state index in [4.69, 9.17) is 4.74 Å². The number of hydrogen-bond donors (Lipinski definition) is 0. The first-order chi connectivity index (χ1) is 11.1. The number of nitrogens with zero attached hydrogens (tertiary/aromatic N) is 2. The highest BCUT2D eigenvalue weighted by Gasteiger charge is 2.28. The first-order valence-electron chi connectivity index (χ1n) is 7.72. The van der Waals surface area contributed by atoms with Crippen LogP contribution in [0.1, 0.15) is 18.4 Å². The van der Waals surface area contributed by atoms with Gasteiger partial charge in [-0.3, -0.25) is 4.98 Å². The number of rotatable bonds is 5. The highest BCUT2D eigenvalue weighted by Crippen LogP contribution is 2.21. The van der Waals surface area contributed by atoms with Gasteiger partial charge in [0.05, 0.1) is 11.9 Å². The molecule has 0 saturated carbocycles. The van der Waals surface area contributed by atoms with Crippen LogP contribution in [0.4, 0.5) is 0 Å². The summed E-state index contributed by atoms with van der Waals surface area (Å²) in [6, 6.07) is 13.0. The maximum absolute atomic E-state index is 12.5. The molecule has 6 heteroatoms. The number of hydrogen-bond acceptors (Lipinski definition) is 4. The third kappa shape index (κ3) is 4.30. The number of benzene rings is 1. The molecule has 1 aliphatic heterocycles. The molecular weight excluding hydrogens is 312 g/mol. The Labute approximate surface area is 137 Å². The van der Waals surface area contributed by atoms with E-state index in [2.05, 4.69) is 4.98 Å². The van der Waals surface area contributed by atoms with Gasteiger partial charge in [0.15, 0.2) is 0 Å². The van der Waals surface area contributed by atoms with E-state index in [1.807, 2.05) is 42.5 Å². The highest BCUT2D eigenvalue weighted by molar-refractivity contribution is 7.88. The van der Waals surface area contributed by atoms with E-state index in [1.54, 1.807) is 16.7 Å². The van der Waals surface area contributed by atoms with Gasteiger partial charge in [0.25, 0.3) is 0 Å². The second kappa shape index (κ2) is 7.10. The summed E-state index contributed by atoms with van der Waals surface area (Å²) in [6.07, 6.45) is 4.82. The third-order valence-corrected chi connectivity index (χ3v) is 5.77. The fourth-order valence-corrected chi connectivity index (χ4v) is 4.28. The molecule has 0 N–H and O–H groups in total. The lowest BCUT2D eigenvalue weighted by molar-refractivity contribution is 0.134. The number of aromatic nitrogens is 1. The zero-order chi connectivity index (χ0) is 16.1. The summed E-state index contributed by atoms with van der Waals surface area (Å²) in [5.41, 5.74) is 0.821. The van der Waals surface area contributed by atoms with Gasteiger partial charge < -0.3 is 4.74 Å². The molecule has 2 heterocycles. The van der Waals surface area contributed by atoms with Crippen LogP contribution in [0.2, 0.25) is 0 Å². The Bertz CT molecular complexity index is 712. The largest absolute Gasteiger partial charge is 0.489 e. The van der Waals surface area contributed by atoms with Crippen LogP contribution in [-0.2, 0) is 15.8 Å². The molecule has 1 aliphatic rings. The van der Waals surface area contributed by atoms with Crippen molar-refractivity contribution >= 4 is 10.0 Å². The Morgan fingerprint density at radius 3 is 2.48 bits per heavy atom. The van der Waals surface area contributed by atoms with Crippen LogP contribution in [0.5, 0.6) is 5.75 Å². The van der Waals surface area contributed by atoms with Crippen molar-refractivity contribution in [1.82, 2.24) is 9.29 Å². The fraction of sp³-hybridized carbons (Fsp3) is 0.353. The Kier molecular flexibility index (Phi) is 4.93. The van der Waals surface area contributed by atoms with Crippen LogP contribution in [0.15, 0.2) is 54.9 Å². The van der Waals surface area contributed by atoms with Gasteiger partial charge in [0.2, 0.25) is 10.0 Å². The van der Waals surface area contributed by atoms with E-state index >= 15 is 0 Å². The SMILES string of the molecule is O=S(=O)(Cc1ccccc1)N1CCC(Oc2cccnc2)CC1. The Morgan fingerprint density at radius 1 is 1.09 bits per heavy atom. The standard InChI is InChI=1S/C17H20N2O3S/c20-23(21,14-15-5-2-1-3-6-15)19-11-8-16(9-12-19)22-17-7-4-10-18-13-17/h1-7,10,13,16H,8-9,11-12,14H2. The van der Waals surface area contributed by atoms with Gasteiger partial charge in [0.1, 0.15) is 11.9 Å². The van der Waals surface area contributed by atoms with Gasteiger partial charge in [-0.25, -0.2) is 12.7 Å². The molecule has 1 saturated heterocycles. The van der Waals surface area contributed by atoms with E-state index in [1.165, 1.54) is 0 Å². The maximum atomic E-state index is 12.5. The summed E-state index contributed by atoms with van der Waals surface area (Å²) in [6.45, 7) is 1.00. The summed E-state index contributed by atoms with van der Waals surface area (Å²) in [5, 5.41) is 0. The topological polar surface area (TPSA) is 59.5 Å². The van der Waals surface area contributed by atoms with Crippen molar-refractivity contribution < 1.29 is 13.2 Å². The first kappa shape index (κ1) is 16.0. The lowest BCUT2D eigenvalue weighted by atomic mass is 10.1. The number of piperidine rings is 1. The van der Waals surface area contributed by atoms with Crippen LogP contribution >= 0.6 is 0 Å². The van der Waals surface area contributed by atoms with Gasteiger partial charge in [0, 0.05) is 19.3 Å². The van der Waals surface area contributed by atoms with Gasteiger partial charge >= 0.3 is 0 Å². The van der Waals surface area contributed by atoms with Crippen LogP contribution in [0.25, 0.3) is 0 Å². The van der Waals surface area contributed by atoms with E-state index in [-0.39, 0.29) is 11.9 Å². The lowest BCUT2D eigenvalue weighted by Gasteiger charge is -2.31. The molecule has 0 aliphatic carbocycles. The summed E-state index contributed by atoms with van der Waals surface area (Å²) in [4.78, 5) is 4.02. The second-order valence-corrected chi connectivity index (χ2v) is 7.62. The minimum atomic E-state index is -3.27. The molecule has 1 aromatic heterocycles.